The lowest BCUT2D eigenvalue weighted by Crippen LogP contribution is -2.34. The van der Waals surface area contributed by atoms with Crippen molar-refractivity contribution < 1.29 is 18.0 Å². The van der Waals surface area contributed by atoms with Crippen LogP contribution in [0.25, 0.3) is 21.9 Å². The second-order valence-corrected chi connectivity index (χ2v) is 10.6. The monoisotopic (exact) mass is 586 g/mol. The van der Waals surface area contributed by atoms with E-state index in [1.807, 2.05) is 65.6 Å². The second kappa shape index (κ2) is 11.4. The number of nitrogens with zero attached hydrogens (tertiary/aromatic N) is 2. The standard InChI is InChI=1S/C33H26ClF3N4O/c34-27-12-13-29(33(35,36)37)26(16-27)20-41-15-14-38-31-30(41)17-25(19-39-31)21-8-10-23(11-9-21)32(42)40-18-24-6-3-5-22-4-1-2-7-28(22)24/h1-13,16-17,19H,14-15,18,20H2,(H,38,39)(H,40,42). The molecule has 1 amide bonds. The molecule has 9 heteroatoms. The van der Waals surface area contributed by atoms with Gasteiger partial charge in [-0.05, 0) is 63.9 Å². The van der Waals surface area contributed by atoms with Crippen molar-refractivity contribution in [2.45, 2.75) is 19.3 Å². The Kier molecular flexibility index (Phi) is 7.47. The van der Waals surface area contributed by atoms with E-state index in [9.17, 15) is 18.0 Å². The average Bonchev–Trinajstić information content (AvgIpc) is 2.99. The van der Waals surface area contributed by atoms with Crippen molar-refractivity contribution in [3.63, 3.8) is 0 Å². The number of pyridine rings is 1. The van der Waals surface area contributed by atoms with Gasteiger partial charge in [0.05, 0.1) is 11.3 Å². The molecule has 2 heterocycles. The van der Waals surface area contributed by atoms with Gasteiger partial charge < -0.3 is 15.5 Å². The van der Waals surface area contributed by atoms with Crippen molar-refractivity contribution in [3.05, 3.63) is 124 Å². The number of hydrogen-bond acceptors (Lipinski definition) is 4. The maximum atomic E-state index is 13.7. The van der Waals surface area contributed by atoms with Crippen molar-refractivity contribution in [1.29, 1.82) is 0 Å². The van der Waals surface area contributed by atoms with E-state index in [1.54, 1.807) is 18.3 Å². The molecule has 5 nitrogen and oxygen atoms in total. The molecule has 0 spiro atoms. The summed E-state index contributed by atoms with van der Waals surface area (Å²) < 4.78 is 41.1. The van der Waals surface area contributed by atoms with Gasteiger partial charge in [-0.2, -0.15) is 13.2 Å². The van der Waals surface area contributed by atoms with E-state index < -0.39 is 11.7 Å². The molecule has 5 aromatic rings. The molecule has 1 aromatic heterocycles. The highest BCUT2D eigenvalue weighted by atomic mass is 35.5. The third-order valence-electron chi connectivity index (χ3n) is 7.42. The molecule has 1 aliphatic heterocycles. The fourth-order valence-corrected chi connectivity index (χ4v) is 5.49. The van der Waals surface area contributed by atoms with E-state index in [1.165, 1.54) is 12.1 Å². The molecule has 0 fully saturated rings. The fraction of sp³-hybridized carbons (Fsp3) is 0.152. The van der Waals surface area contributed by atoms with Gasteiger partial charge in [-0.1, -0.05) is 66.2 Å². The Morgan fingerprint density at radius 1 is 0.929 bits per heavy atom. The molecule has 0 unspecified atom stereocenters. The quantitative estimate of drug-likeness (QED) is 0.212. The lowest BCUT2D eigenvalue weighted by Gasteiger charge is -2.32. The summed E-state index contributed by atoms with van der Waals surface area (Å²) in [6, 6.07) is 26.8. The van der Waals surface area contributed by atoms with Crippen molar-refractivity contribution >= 4 is 39.8 Å². The van der Waals surface area contributed by atoms with Crippen molar-refractivity contribution in [2.24, 2.45) is 0 Å². The van der Waals surface area contributed by atoms with Gasteiger partial charge in [-0.15, -0.1) is 0 Å². The fourth-order valence-electron chi connectivity index (χ4n) is 5.30. The highest BCUT2D eigenvalue weighted by Gasteiger charge is 2.34. The minimum Gasteiger partial charge on any atom is -0.367 e. The minimum atomic E-state index is -4.49. The molecule has 4 aromatic carbocycles. The van der Waals surface area contributed by atoms with Crippen LogP contribution in [0.3, 0.4) is 0 Å². The molecular formula is C33H26ClF3N4O. The van der Waals surface area contributed by atoms with Crippen LogP contribution in [0, 0.1) is 0 Å². The molecule has 0 bridgehead atoms. The lowest BCUT2D eigenvalue weighted by molar-refractivity contribution is -0.138. The van der Waals surface area contributed by atoms with Gasteiger partial charge >= 0.3 is 6.18 Å². The molecule has 0 radical (unpaired) electrons. The Bertz CT molecular complexity index is 1770. The first-order valence-electron chi connectivity index (χ1n) is 13.5. The summed E-state index contributed by atoms with van der Waals surface area (Å²) in [6.45, 7) is 1.48. The summed E-state index contributed by atoms with van der Waals surface area (Å²) in [7, 11) is 0. The molecular weight excluding hydrogens is 561 g/mol. The first-order valence-corrected chi connectivity index (χ1v) is 13.8. The molecule has 0 aliphatic carbocycles. The third-order valence-corrected chi connectivity index (χ3v) is 7.65. The smallest absolute Gasteiger partial charge is 0.367 e. The van der Waals surface area contributed by atoms with Crippen LogP contribution < -0.4 is 15.5 Å². The summed E-state index contributed by atoms with van der Waals surface area (Å²) in [4.78, 5) is 19.3. The van der Waals surface area contributed by atoms with E-state index in [-0.39, 0.29) is 23.0 Å². The zero-order valence-corrected chi connectivity index (χ0v) is 23.1. The van der Waals surface area contributed by atoms with Gasteiger partial charge in [0.25, 0.3) is 5.91 Å². The Balaban J connectivity index is 1.20. The molecule has 2 N–H and O–H groups in total. The van der Waals surface area contributed by atoms with Crippen LogP contribution in [0.15, 0.2) is 97.2 Å². The SMILES string of the molecule is O=C(NCc1cccc2ccccc12)c1ccc(-c2cnc3c(c2)N(Cc2cc(Cl)ccc2C(F)(F)F)CCN3)cc1. The number of carbonyl (C=O) groups excluding carboxylic acids is 1. The van der Waals surface area contributed by atoms with Crippen LogP contribution in [0.2, 0.25) is 5.02 Å². The van der Waals surface area contributed by atoms with Crippen LogP contribution in [0.1, 0.15) is 27.0 Å². The van der Waals surface area contributed by atoms with Crippen LogP contribution in [-0.2, 0) is 19.3 Å². The minimum absolute atomic E-state index is 0.0328. The van der Waals surface area contributed by atoms with Gasteiger partial charge in [-0.3, -0.25) is 4.79 Å². The van der Waals surface area contributed by atoms with Gasteiger partial charge in [0.2, 0.25) is 0 Å². The molecule has 0 saturated carbocycles. The summed E-state index contributed by atoms with van der Waals surface area (Å²) >= 11 is 6.06. The molecule has 212 valence electrons. The van der Waals surface area contributed by atoms with E-state index in [2.05, 4.69) is 15.6 Å². The molecule has 0 atom stereocenters. The number of amides is 1. The number of benzene rings is 4. The Morgan fingerprint density at radius 3 is 2.52 bits per heavy atom. The van der Waals surface area contributed by atoms with Crippen molar-refractivity contribution in [3.8, 4) is 11.1 Å². The van der Waals surface area contributed by atoms with Crippen molar-refractivity contribution in [1.82, 2.24) is 10.3 Å². The van der Waals surface area contributed by atoms with Crippen molar-refractivity contribution in [2.75, 3.05) is 23.3 Å². The second-order valence-electron chi connectivity index (χ2n) is 10.1. The number of nitrogens with one attached hydrogen (secondary N) is 2. The zero-order chi connectivity index (χ0) is 29.3. The van der Waals surface area contributed by atoms with Gasteiger partial charge in [0.1, 0.15) is 5.82 Å². The van der Waals surface area contributed by atoms with Gasteiger partial charge in [0, 0.05) is 48.5 Å². The summed E-state index contributed by atoms with van der Waals surface area (Å²) in [6.07, 6.45) is -2.77. The number of rotatable bonds is 6. The Labute approximate surface area is 246 Å². The predicted molar refractivity (Wildman–Crippen MR) is 161 cm³/mol. The highest BCUT2D eigenvalue weighted by Crippen LogP contribution is 2.37. The third kappa shape index (κ3) is 5.76. The summed E-state index contributed by atoms with van der Waals surface area (Å²) in [5.74, 6) is 0.417. The number of fused-ring (bicyclic) bond motifs is 2. The average molecular weight is 587 g/mol. The van der Waals surface area contributed by atoms with E-state index >= 15 is 0 Å². The normalized spacial score (nSPS) is 13.0. The number of anilines is 2. The van der Waals surface area contributed by atoms with E-state index in [4.69, 9.17) is 11.6 Å². The molecule has 42 heavy (non-hydrogen) atoms. The highest BCUT2D eigenvalue weighted by molar-refractivity contribution is 6.30. The summed E-state index contributed by atoms with van der Waals surface area (Å²) in [5, 5.41) is 8.69. The van der Waals surface area contributed by atoms with Gasteiger partial charge in [0.15, 0.2) is 0 Å². The first kappa shape index (κ1) is 27.6. The zero-order valence-electron chi connectivity index (χ0n) is 22.4. The Morgan fingerprint density at radius 2 is 1.71 bits per heavy atom. The largest absolute Gasteiger partial charge is 0.416 e. The summed E-state index contributed by atoms with van der Waals surface area (Å²) in [5.41, 5.74) is 3.28. The number of hydrogen-bond donors (Lipinski definition) is 2. The maximum Gasteiger partial charge on any atom is 0.416 e. The first-order chi connectivity index (χ1) is 20.3. The predicted octanol–water partition coefficient (Wildman–Crippen LogP) is 7.94. The van der Waals surface area contributed by atoms with Crippen LogP contribution in [0.5, 0.6) is 0 Å². The Hall–Kier alpha value is -4.56. The maximum absolute atomic E-state index is 13.7. The van der Waals surface area contributed by atoms with E-state index in [0.717, 1.165) is 33.5 Å². The molecule has 6 rings (SSSR count). The number of halogens is 4. The van der Waals surface area contributed by atoms with Gasteiger partial charge in [-0.25, -0.2) is 4.98 Å². The molecule has 0 saturated heterocycles. The van der Waals surface area contributed by atoms with E-state index in [0.29, 0.717) is 36.7 Å². The topological polar surface area (TPSA) is 57.3 Å². The number of alkyl halides is 3. The van der Waals surface area contributed by atoms with Crippen LogP contribution in [-0.4, -0.2) is 24.0 Å². The molecule has 1 aliphatic rings. The van der Waals surface area contributed by atoms with Crippen LogP contribution in [0.4, 0.5) is 24.7 Å². The lowest BCUT2D eigenvalue weighted by atomic mass is 10.0. The number of carbonyl (C=O) groups is 1. The number of aromatic nitrogens is 1. The van der Waals surface area contributed by atoms with Crippen LogP contribution >= 0.6 is 11.6 Å².